The van der Waals surface area contributed by atoms with Crippen LogP contribution in [0.3, 0.4) is 0 Å². The number of nitro benzene ring substituents is 1. The number of non-ortho nitro benzene ring substituents is 1. The van der Waals surface area contributed by atoms with Gasteiger partial charge in [0.05, 0.1) is 4.92 Å². The Labute approximate surface area is 142 Å². The summed E-state index contributed by atoms with van der Waals surface area (Å²) in [7, 11) is 0. The predicted octanol–water partition coefficient (Wildman–Crippen LogP) is 3.18. The molecule has 1 aromatic rings. The molecule has 0 radical (unpaired) electrons. The van der Waals surface area contributed by atoms with Crippen LogP contribution in [0.1, 0.15) is 18.4 Å². The number of carbonyl (C=O) groups is 1. The molecule has 2 rings (SSSR count). The summed E-state index contributed by atoms with van der Waals surface area (Å²) in [5, 5.41) is 10.6. The van der Waals surface area contributed by atoms with Crippen molar-refractivity contribution < 1.29 is 27.6 Å². The summed E-state index contributed by atoms with van der Waals surface area (Å²) in [5.41, 5.74) is 0.377. The SMILES string of the molecule is O=C(/C=C/c1ccc([N+](=O)[O-])cc1)N(CC(F)(F)F)C1CCOCC1. The molecule has 1 heterocycles. The van der Waals surface area contributed by atoms with Gasteiger partial charge in [0.2, 0.25) is 5.91 Å². The van der Waals surface area contributed by atoms with E-state index >= 15 is 0 Å². The van der Waals surface area contributed by atoms with E-state index in [0.29, 0.717) is 31.6 Å². The average Bonchev–Trinajstić information content (AvgIpc) is 2.58. The second-order valence-electron chi connectivity index (χ2n) is 5.61. The van der Waals surface area contributed by atoms with Crippen LogP contribution in [0.15, 0.2) is 30.3 Å². The number of benzene rings is 1. The molecular formula is C16H17F3N2O4. The zero-order valence-electron chi connectivity index (χ0n) is 13.2. The molecule has 136 valence electrons. The molecule has 0 unspecified atom stereocenters. The Kier molecular flexibility index (Phi) is 6.13. The lowest BCUT2D eigenvalue weighted by Gasteiger charge is -2.34. The second-order valence-corrected chi connectivity index (χ2v) is 5.61. The van der Waals surface area contributed by atoms with Gasteiger partial charge in [-0.25, -0.2) is 0 Å². The second kappa shape index (κ2) is 8.11. The number of hydrogen-bond donors (Lipinski definition) is 0. The van der Waals surface area contributed by atoms with Crippen LogP contribution in [0.4, 0.5) is 18.9 Å². The molecule has 1 aromatic carbocycles. The van der Waals surface area contributed by atoms with Crippen molar-refractivity contribution in [3.8, 4) is 0 Å². The maximum absolute atomic E-state index is 12.8. The Balaban J connectivity index is 2.10. The van der Waals surface area contributed by atoms with Gasteiger partial charge in [-0.1, -0.05) is 0 Å². The fourth-order valence-electron chi connectivity index (χ4n) is 2.55. The van der Waals surface area contributed by atoms with Gasteiger partial charge >= 0.3 is 6.18 Å². The summed E-state index contributed by atoms with van der Waals surface area (Å²) in [5.74, 6) is -0.748. The molecule has 0 spiro atoms. The van der Waals surface area contributed by atoms with E-state index in [1.807, 2.05) is 0 Å². The van der Waals surface area contributed by atoms with E-state index in [0.717, 1.165) is 11.0 Å². The van der Waals surface area contributed by atoms with Crippen LogP contribution in [0, 0.1) is 10.1 Å². The molecule has 0 aliphatic carbocycles. The number of nitrogens with zero attached hydrogens (tertiary/aromatic N) is 2. The van der Waals surface area contributed by atoms with Gasteiger partial charge in [-0.05, 0) is 36.6 Å². The maximum Gasteiger partial charge on any atom is 0.406 e. The molecule has 1 fully saturated rings. The minimum Gasteiger partial charge on any atom is -0.381 e. The summed E-state index contributed by atoms with van der Waals surface area (Å²) in [6.07, 6.45) is -1.38. The number of rotatable bonds is 5. The van der Waals surface area contributed by atoms with Gasteiger partial charge < -0.3 is 9.64 Å². The van der Waals surface area contributed by atoms with Crippen molar-refractivity contribution in [1.82, 2.24) is 4.90 Å². The highest BCUT2D eigenvalue weighted by molar-refractivity contribution is 5.92. The fraction of sp³-hybridized carbons (Fsp3) is 0.438. The lowest BCUT2D eigenvalue weighted by atomic mass is 10.1. The van der Waals surface area contributed by atoms with E-state index in [9.17, 15) is 28.1 Å². The third-order valence-corrected chi connectivity index (χ3v) is 3.79. The van der Waals surface area contributed by atoms with Crippen molar-refractivity contribution in [1.29, 1.82) is 0 Å². The average molecular weight is 358 g/mol. The minimum atomic E-state index is -4.49. The Morgan fingerprint density at radius 2 is 1.88 bits per heavy atom. The summed E-state index contributed by atoms with van der Waals surface area (Å²) in [6, 6.07) is 4.84. The van der Waals surface area contributed by atoms with Gasteiger partial charge in [-0.3, -0.25) is 14.9 Å². The van der Waals surface area contributed by atoms with Crippen molar-refractivity contribution in [2.75, 3.05) is 19.8 Å². The third-order valence-electron chi connectivity index (χ3n) is 3.79. The lowest BCUT2D eigenvalue weighted by Crippen LogP contribution is -2.47. The number of ether oxygens (including phenoxy) is 1. The quantitative estimate of drug-likeness (QED) is 0.460. The molecule has 0 N–H and O–H groups in total. The lowest BCUT2D eigenvalue weighted by molar-refractivity contribution is -0.384. The summed E-state index contributed by atoms with van der Waals surface area (Å²) in [6.45, 7) is -0.683. The van der Waals surface area contributed by atoms with Gasteiger partial charge in [0.15, 0.2) is 0 Å². The first-order valence-electron chi connectivity index (χ1n) is 7.64. The zero-order valence-corrected chi connectivity index (χ0v) is 13.2. The molecule has 0 atom stereocenters. The summed E-state index contributed by atoms with van der Waals surface area (Å²) < 4.78 is 43.5. The number of hydrogen-bond acceptors (Lipinski definition) is 4. The van der Waals surface area contributed by atoms with E-state index < -0.39 is 29.6 Å². The van der Waals surface area contributed by atoms with Gasteiger partial charge in [-0.2, -0.15) is 13.2 Å². The van der Waals surface area contributed by atoms with Gasteiger partial charge in [-0.15, -0.1) is 0 Å². The largest absolute Gasteiger partial charge is 0.406 e. The number of halogens is 3. The molecule has 9 heteroatoms. The molecule has 0 aromatic heterocycles. The van der Waals surface area contributed by atoms with Crippen molar-refractivity contribution in [2.45, 2.75) is 25.1 Å². The highest BCUT2D eigenvalue weighted by Gasteiger charge is 2.36. The Morgan fingerprint density at radius 3 is 2.40 bits per heavy atom. The van der Waals surface area contributed by atoms with Crippen molar-refractivity contribution in [3.05, 3.63) is 46.0 Å². The molecule has 6 nitrogen and oxygen atoms in total. The summed E-state index contributed by atoms with van der Waals surface area (Å²) in [4.78, 5) is 23.1. The third kappa shape index (κ3) is 5.86. The topological polar surface area (TPSA) is 72.7 Å². The minimum absolute atomic E-state index is 0.107. The number of alkyl halides is 3. The fourth-order valence-corrected chi connectivity index (χ4v) is 2.55. The molecule has 1 saturated heterocycles. The summed E-state index contributed by atoms with van der Waals surface area (Å²) >= 11 is 0. The zero-order chi connectivity index (χ0) is 18.4. The van der Waals surface area contributed by atoms with E-state index in [2.05, 4.69) is 0 Å². The Hall–Kier alpha value is -2.42. The van der Waals surface area contributed by atoms with E-state index in [1.165, 1.54) is 30.3 Å². The molecule has 25 heavy (non-hydrogen) atoms. The van der Waals surface area contributed by atoms with Crippen molar-refractivity contribution in [2.24, 2.45) is 0 Å². The molecule has 0 saturated carbocycles. The number of amides is 1. The highest BCUT2D eigenvalue weighted by Crippen LogP contribution is 2.23. The Morgan fingerprint density at radius 1 is 1.28 bits per heavy atom. The molecule has 1 amide bonds. The first-order chi connectivity index (χ1) is 11.8. The molecule has 0 bridgehead atoms. The van der Waals surface area contributed by atoms with Crippen LogP contribution in [-0.2, 0) is 9.53 Å². The van der Waals surface area contributed by atoms with Crippen molar-refractivity contribution in [3.63, 3.8) is 0 Å². The van der Waals surface area contributed by atoms with Crippen LogP contribution >= 0.6 is 0 Å². The molecule has 1 aliphatic rings. The van der Waals surface area contributed by atoms with E-state index in [-0.39, 0.29) is 5.69 Å². The van der Waals surface area contributed by atoms with Crippen LogP contribution in [0.25, 0.3) is 6.08 Å². The predicted molar refractivity (Wildman–Crippen MR) is 83.7 cm³/mol. The van der Waals surface area contributed by atoms with E-state index in [1.54, 1.807) is 0 Å². The standard InChI is InChI=1S/C16H17F3N2O4/c17-16(18,19)11-20(13-7-9-25-10-8-13)15(22)6-3-12-1-4-14(5-2-12)21(23)24/h1-6,13H,7-11H2/b6-3+. The normalized spacial score (nSPS) is 16.1. The Bertz CT molecular complexity index is 638. The van der Waals surface area contributed by atoms with Crippen LogP contribution in [0.2, 0.25) is 0 Å². The first kappa shape index (κ1) is 18.9. The molecule has 1 aliphatic heterocycles. The maximum atomic E-state index is 12.8. The van der Waals surface area contributed by atoms with Gasteiger partial charge in [0, 0.05) is 37.5 Å². The van der Waals surface area contributed by atoms with Gasteiger partial charge in [0.25, 0.3) is 5.69 Å². The smallest absolute Gasteiger partial charge is 0.381 e. The first-order valence-corrected chi connectivity index (χ1v) is 7.64. The number of carbonyl (C=O) groups excluding carboxylic acids is 1. The number of nitro groups is 1. The van der Waals surface area contributed by atoms with Crippen LogP contribution in [-0.4, -0.2) is 47.7 Å². The van der Waals surface area contributed by atoms with Crippen LogP contribution < -0.4 is 0 Å². The monoisotopic (exact) mass is 358 g/mol. The van der Waals surface area contributed by atoms with Gasteiger partial charge in [0.1, 0.15) is 6.54 Å². The highest BCUT2D eigenvalue weighted by atomic mass is 19.4. The van der Waals surface area contributed by atoms with E-state index in [4.69, 9.17) is 4.74 Å². The molecular weight excluding hydrogens is 341 g/mol. The van der Waals surface area contributed by atoms with Crippen molar-refractivity contribution >= 4 is 17.7 Å². The van der Waals surface area contributed by atoms with Crippen LogP contribution in [0.5, 0.6) is 0 Å².